The van der Waals surface area contributed by atoms with Crippen molar-refractivity contribution in [2.45, 2.75) is 66.2 Å². The smallest absolute Gasteiger partial charge is 0.249 e. The predicted molar refractivity (Wildman–Crippen MR) is 86.6 cm³/mol. The standard InChI is InChI=1S/C16H32N2O4/c1-8-21-12(5)14(19)17-10-16(7,11(3)4)18-15(20)13(6)22-9-2/h11-13H,8-10H2,1-7H3,(H,17,19)(H,18,20)/t12-,13-,16-/m1/s1. The van der Waals surface area contributed by atoms with Crippen LogP contribution in [0.2, 0.25) is 0 Å². The van der Waals surface area contributed by atoms with Gasteiger partial charge in [0.25, 0.3) is 0 Å². The Bertz CT molecular complexity index is 360. The summed E-state index contributed by atoms with van der Waals surface area (Å²) in [6.45, 7) is 14.3. The quantitative estimate of drug-likeness (QED) is 0.640. The first-order valence-electron chi connectivity index (χ1n) is 8.00. The first kappa shape index (κ1) is 20.9. The highest BCUT2D eigenvalue weighted by molar-refractivity contribution is 5.82. The van der Waals surface area contributed by atoms with Crippen molar-refractivity contribution in [3.63, 3.8) is 0 Å². The topological polar surface area (TPSA) is 76.7 Å². The van der Waals surface area contributed by atoms with E-state index in [1.807, 2.05) is 34.6 Å². The Balaban J connectivity index is 4.69. The van der Waals surface area contributed by atoms with Crippen molar-refractivity contribution in [3.05, 3.63) is 0 Å². The molecule has 0 unspecified atom stereocenters. The molecule has 0 aliphatic rings. The highest BCUT2D eigenvalue weighted by atomic mass is 16.5. The van der Waals surface area contributed by atoms with Crippen LogP contribution in [0.15, 0.2) is 0 Å². The number of ether oxygens (including phenoxy) is 2. The van der Waals surface area contributed by atoms with Crippen molar-refractivity contribution in [1.29, 1.82) is 0 Å². The van der Waals surface area contributed by atoms with E-state index in [1.54, 1.807) is 13.8 Å². The van der Waals surface area contributed by atoms with Crippen molar-refractivity contribution in [3.8, 4) is 0 Å². The molecule has 0 aromatic heterocycles. The molecule has 3 atom stereocenters. The Morgan fingerprint density at radius 1 is 0.955 bits per heavy atom. The molecule has 0 bridgehead atoms. The molecule has 2 amide bonds. The summed E-state index contributed by atoms with van der Waals surface area (Å²) in [7, 11) is 0. The second-order valence-corrected chi connectivity index (χ2v) is 5.97. The molecule has 130 valence electrons. The van der Waals surface area contributed by atoms with Crippen LogP contribution >= 0.6 is 0 Å². The van der Waals surface area contributed by atoms with Crippen molar-refractivity contribution in [2.24, 2.45) is 5.92 Å². The molecule has 0 fully saturated rings. The van der Waals surface area contributed by atoms with Gasteiger partial charge in [0.05, 0.1) is 5.54 Å². The third kappa shape index (κ3) is 6.75. The molecule has 0 heterocycles. The summed E-state index contributed by atoms with van der Waals surface area (Å²) in [6.07, 6.45) is -1.01. The van der Waals surface area contributed by atoms with Crippen LogP contribution in [0, 0.1) is 5.92 Å². The fourth-order valence-corrected chi connectivity index (χ4v) is 1.84. The fraction of sp³-hybridized carbons (Fsp3) is 0.875. The molecule has 6 nitrogen and oxygen atoms in total. The Hall–Kier alpha value is -1.14. The molecule has 0 saturated carbocycles. The van der Waals surface area contributed by atoms with Crippen LogP contribution in [0.5, 0.6) is 0 Å². The summed E-state index contributed by atoms with van der Waals surface area (Å²) in [6, 6.07) is 0. The lowest BCUT2D eigenvalue weighted by Crippen LogP contribution is -2.59. The molecule has 0 aromatic carbocycles. The van der Waals surface area contributed by atoms with E-state index in [-0.39, 0.29) is 17.7 Å². The van der Waals surface area contributed by atoms with E-state index in [1.165, 1.54) is 0 Å². The van der Waals surface area contributed by atoms with Crippen molar-refractivity contribution >= 4 is 11.8 Å². The van der Waals surface area contributed by atoms with Crippen LogP contribution in [0.1, 0.15) is 48.5 Å². The molecule has 22 heavy (non-hydrogen) atoms. The zero-order valence-electron chi connectivity index (χ0n) is 15.0. The van der Waals surface area contributed by atoms with E-state index in [2.05, 4.69) is 10.6 Å². The lowest BCUT2D eigenvalue weighted by Gasteiger charge is -2.36. The molecular formula is C16H32N2O4. The maximum absolute atomic E-state index is 12.2. The molecular weight excluding hydrogens is 284 g/mol. The minimum absolute atomic E-state index is 0.146. The van der Waals surface area contributed by atoms with Gasteiger partial charge in [-0.05, 0) is 40.5 Å². The van der Waals surface area contributed by atoms with E-state index in [9.17, 15) is 9.59 Å². The molecule has 0 aliphatic carbocycles. The first-order valence-corrected chi connectivity index (χ1v) is 8.00. The van der Waals surface area contributed by atoms with Gasteiger partial charge in [0, 0.05) is 19.8 Å². The third-order valence-corrected chi connectivity index (χ3v) is 3.88. The van der Waals surface area contributed by atoms with Crippen LogP contribution in [0.3, 0.4) is 0 Å². The van der Waals surface area contributed by atoms with Crippen LogP contribution in [-0.4, -0.2) is 49.3 Å². The number of carbonyl (C=O) groups is 2. The summed E-state index contributed by atoms with van der Waals surface area (Å²) in [5, 5.41) is 5.83. The van der Waals surface area contributed by atoms with Crippen molar-refractivity contribution < 1.29 is 19.1 Å². The lowest BCUT2D eigenvalue weighted by molar-refractivity contribution is -0.135. The minimum Gasteiger partial charge on any atom is -0.369 e. The van der Waals surface area contributed by atoms with E-state index in [4.69, 9.17) is 9.47 Å². The second kappa shape index (κ2) is 9.79. The normalized spacial score (nSPS) is 16.7. The number of rotatable bonds is 10. The van der Waals surface area contributed by atoms with E-state index >= 15 is 0 Å². The van der Waals surface area contributed by atoms with Crippen LogP contribution in [0.25, 0.3) is 0 Å². The SMILES string of the molecule is CCO[C@H](C)C(=O)NC[C@@](C)(NC(=O)[C@@H](C)OCC)C(C)C. The van der Waals surface area contributed by atoms with E-state index in [0.29, 0.717) is 19.8 Å². The number of carbonyl (C=O) groups excluding carboxylic acids is 2. The van der Waals surface area contributed by atoms with Gasteiger partial charge in [-0.3, -0.25) is 9.59 Å². The summed E-state index contributed by atoms with van der Waals surface area (Å²) >= 11 is 0. The number of hydrogen-bond acceptors (Lipinski definition) is 4. The van der Waals surface area contributed by atoms with E-state index in [0.717, 1.165) is 0 Å². The molecule has 0 radical (unpaired) electrons. The highest BCUT2D eigenvalue weighted by Crippen LogP contribution is 2.16. The maximum atomic E-state index is 12.2. The molecule has 6 heteroatoms. The molecule has 0 saturated heterocycles. The largest absolute Gasteiger partial charge is 0.369 e. The lowest BCUT2D eigenvalue weighted by atomic mass is 9.88. The predicted octanol–water partition coefficient (Wildman–Crippen LogP) is 1.48. The molecule has 0 aliphatic heterocycles. The van der Waals surface area contributed by atoms with Crippen LogP contribution in [-0.2, 0) is 19.1 Å². The highest BCUT2D eigenvalue weighted by Gasteiger charge is 2.32. The Morgan fingerprint density at radius 2 is 1.41 bits per heavy atom. The molecule has 2 N–H and O–H groups in total. The van der Waals surface area contributed by atoms with Gasteiger partial charge >= 0.3 is 0 Å². The van der Waals surface area contributed by atoms with Gasteiger partial charge in [-0.15, -0.1) is 0 Å². The monoisotopic (exact) mass is 316 g/mol. The zero-order chi connectivity index (χ0) is 17.3. The average molecular weight is 316 g/mol. The van der Waals surface area contributed by atoms with Gasteiger partial charge in [0.15, 0.2) is 0 Å². The first-order chi connectivity index (χ1) is 10.2. The summed E-state index contributed by atoms with van der Waals surface area (Å²) in [4.78, 5) is 24.1. The van der Waals surface area contributed by atoms with Crippen LogP contribution < -0.4 is 10.6 Å². The summed E-state index contributed by atoms with van der Waals surface area (Å²) < 4.78 is 10.6. The van der Waals surface area contributed by atoms with Crippen molar-refractivity contribution in [1.82, 2.24) is 10.6 Å². The Morgan fingerprint density at radius 3 is 1.82 bits per heavy atom. The molecule has 0 spiro atoms. The van der Waals surface area contributed by atoms with Gasteiger partial charge < -0.3 is 20.1 Å². The number of nitrogens with one attached hydrogen (secondary N) is 2. The van der Waals surface area contributed by atoms with Gasteiger partial charge in [-0.1, -0.05) is 13.8 Å². The molecule has 0 aromatic rings. The maximum Gasteiger partial charge on any atom is 0.249 e. The van der Waals surface area contributed by atoms with Gasteiger partial charge in [0.2, 0.25) is 11.8 Å². The van der Waals surface area contributed by atoms with Crippen LogP contribution in [0.4, 0.5) is 0 Å². The number of hydrogen-bond donors (Lipinski definition) is 2. The zero-order valence-corrected chi connectivity index (χ0v) is 15.0. The number of amides is 2. The van der Waals surface area contributed by atoms with Gasteiger partial charge in [-0.2, -0.15) is 0 Å². The Kier molecular flexibility index (Phi) is 9.28. The van der Waals surface area contributed by atoms with Gasteiger partial charge in [0.1, 0.15) is 12.2 Å². The van der Waals surface area contributed by atoms with E-state index < -0.39 is 17.7 Å². The minimum atomic E-state index is -0.552. The third-order valence-electron chi connectivity index (χ3n) is 3.88. The van der Waals surface area contributed by atoms with Crippen molar-refractivity contribution in [2.75, 3.05) is 19.8 Å². The average Bonchev–Trinajstić information content (AvgIpc) is 2.44. The summed E-state index contributed by atoms with van der Waals surface area (Å²) in [5.41, 5.74) is -0.552. The molecule has 0 rings (SSSR count). The fourth-order valence-electron chi connectivity index (χ4n) is 1.84. The summed E-state index contributed by atoms with van der Waals surface area (Å²) in [5.74, 6) is -0.209. The Labute approximate surface area is 134 Å². The second-order valence-electron chi connectivity index (χ2n) is 5.97. The van der Waals surface area contributed by atoms with Gasteiger partial charge in [-0.25, -0.2) is 0 Å².